The van der Waals surface area contributed by atoms with Crippen molar-refractivity contribution in [2.45, 2.75) is 162 Å². The Balaban J connectivity index is 1.80. The molecule has 0 aromatic heterocycles. The molecule has 7 rings (SSSR count). The van der Waals surface area contributed by atoms with Gasteiger partial charge in [-0.15, -0.1) is 0 Å². The summed E-state index contributed by atoms with van der Waals surface area (Å²) in [7, 11) is 0. The van der Waals surface area contributed by atoms with Gasteiger partial charge in [-0.25, -0.2) is 0 Å². The second-order valence-corrected chi connectivity index (χ2v) is 21.7. The molecule has 0 heteroatoms. The standard InChI is InChI=1S/C66H78/c1-37-22-49(13)58(28-43(37)7)64(19,59-29-44(8)38(2)23-50(59)14)55-34-56(65(20,60-30-45(9)39(3)24-51(60)15)61-31-46(10)40(4)25-52(61)16)36-57(35-55)66(21,62-32-47(11)41(5)26-53(62)17)63-33-48(12)42(6)27-54(63)18/h22-36H,1-21H3. The van der Waals surface area contributed by atoms with Gasteiger partial charge in [-0.05, 0) is 296 Å². The summed E-state index contributed by atoms with van der Waals surface area (Å²) in [6, 6.07) is 37.5. The average molecular weight is 871 g/mol. The van der Waals surface area contributed by atoms with E-state index in [2.05, 4.69) is 236 Å². The molecule has 0 radical (unpaired) electrons. The molecular weight excluding hydrogens is 793 g/mol. The summed E-state index contributed by atoms with van der Waals surface area (Å²) in [5, 5.41) is 0. The first-order valence-corrected chi connectivity index (χ1v) is 24.4. The van der Waals surface area contributed by atoms with Gasteiger partial charge in [0.1, 0.15) is 0 Å². The fraction of sp³-hybridized carbons (Fsp3) is 0.364. The van der Waals surface area contributed by atoms with Crippen LogP contribution in [0.25, 0.3) is 0 Å². The van der Waals surface area contributed by atoms with Gasteiger partial charge in [0.15, 0.2) is 0 Å². The summed E-state index contributed by atoms with van der Waals surface area (Å²) in [5.74, 6) is 0. The first-order valence-electron chi connectivity index (χ1n) is 24.4. The highest BCUT2D eigenvalue weighted by Gasteiger charge is 2.43. The second-order valence-electron chi connectivity index (χ2n) is 21.7. The van der Waals surface area contributed by atoms with Crippen molar-refractivity contribution >= 4 is 0 Å². The molecule has 0 atom stereocenters. The SMILES string of the molecule is Cc1cc(C)c(C(C)(c2cc(C(C)(c3cc(C)c(C)cc3C)c3cc(C)c(C)cc3C)cc(C(C)(c3cc(C)c(C)cc3C)c3cc(C)c(C)cc3C)c2)c2cc(C)c(C)cc2C)cc1C. The molecule has 7 aromatic carbocycles. The molecular formula is C66H78. The van der Waals surface area contributed by atoms with Gasteiger partial charge in [-0.3, -0.25) is 0 Å². The lowest BCUT2D eigenvalue weighted by Gasteiger charge is -2.42. The van der Waals surface area contributed by atoms with Gasteiger partial charge in [-0.1, -0.05) is 91.0 Å². The zero-order valence-corrected chi connectivity index (χ0v) is 44.7. The molecule has 0 unspecified atom stereocenters. The van der Waals surface area contributed by atoms with Crippen molar-refractivity contribution in [1.29, 1.82) is 0 Å². The summed E-state index contributed by atoms with van der Waals surface area (Å²) >= 11 is 0. The van der Waals surface area contributed by atoms with Crippen LogP contribution in [0.4, 0.5) is 0 Å². The van der Waals surface area contributed by atoms with Gasteiger partial charge in [0.2, 0.25) is 0 Å². The minimum absolute atomic E-state index is 0.523. The van der Waals surface area contributed by atoms with Gasteiger partial charge >= 0.3 is 0 Å². The van der Waals surface area contributed by atoms with Gasteiger partial charge in [0.05, 0.1) is 0 Å². The maximum Gasteiger partial charge on any atom is 0.0428 e. The average Bonchev–Trinajstić information content (AvgIpc) is 3.24. The Bertz CT molecular complexity index is 2570. The van der Waals surface area contributed by atoms with E-state index in [0.29, 0.717) is 0 Å². The quantitative estimate of drug-likeness (QED) is 0.127. The molecule has 0 fully saturated rings. The Morgan fingerprint density at radius 2 is 0.288 bits per heavy atom. The molecule has 0 amide bonds. The van der Waals surface area contributed by atoms with Crippen LogP contribution in [0.15, 0.2) is 91.0 Å². The molecule has 0 aliphatic heterocycles. The van der Waals surface area contributed by atoms with Crippen LogP contribution in [0.5, 0.6) is 0 Å². The summed E-state index contributed by atoms with van der Waals surface area (Å²) in [4.78, 5) is 0. The minimum Gasteiger partial charge on any atom is -0.0558 e. The molecule has 0 saturated carbocycles. The zero-order valence-electron chi connectivity index (χ0n) is 44.7. The molecule has 0 nitrogen and oxygen atoms in total. The van der Waals surface area contributed by atoms with Crippen molar-refractivity contribution in [3.63, 3.8) is 0 Å². The fourth-order valence-corrected chi connectivity index (χ4v) is 11.9. The first-order chi connectivity index (χ1) is 30.7. The van der Waals surface area contributed by atoms with Crippen molar-refractivity contribution in [3.05, 3.63) is 241 Å². The number of hydrogen-bond donors (Lipinski definition) is 0. The maximum atomic E-state index is 2.64. The molecule has 0 aliphatic carbocycles. The highest BCUT2D eigenvalue weighted by atomic mass is 14.5. The van der Waals surface area contributed by atoms with Crippen LogP contribution in [0, 0.1) is 125 Å². The number of benzene rings is 7. The lowest BCUT2D eigenvalue weighted by molar-refractivity contribution is 0.633. The molecule has 66 heavy (non-hydrogen) atoms. The van der Waals surface area contributed by atoms with Gasteiger partial charge in [0.25, 0.3) is 0 Å². The van der Waals surface area contributed by atoms with Gasteiger partial charge < -0.3 is 0 Å². The number of aryl methyl sites for hydroxylation is 18. The molecule has 0 bridgehead atoms. The van der Waals surface area contributed by atoms with Gasteiger partial charge in [0, 0.05) is 16.2 Å². The predicted octanol–water partition coefficient (Wildman–Crippen LogP) is 17.3. The van der Waals surface area contributed by atoms with E-state index in [9.17, 15) is 0 Å². The van der Waals surface area contributed by atoms with Crippen LogP contribution in [0.1, 0.15) is 171 Å². The van der Waals surface area contributed by atoms with Crippen molar-refractivity contribution in [2.24, 2.45) is 0 Å². The highest BCUT2D eigenvalue weighted by molar-refractivity contribution is 5.66. The van der Waals surface area contributed by atoms with Crippen molar-refractivity contribution < 1.29 is 0 Å². The Labute approximate surface area is 401 Å². The number of rotatable bonds is 9. The first kappa shape index (κ1) is 48.5. The fourth-order valence-electron chi connectivity index (χ4n) is 11.9. The van der Waals surface area contributed by atoms with Gasteiger partial charge in [-0.2, -0.15) is 0 Å². The van der Waals surface area contributed by atoms with E-state index < -0.39 is 16.2 Å². The van der Waals surface area contributed by atoms with Crippen LogP contribution < -0.4 is 0 Å². The normalized spacial score (nSPS) is 12.3. The lowest BCUT2D eigenvalue weighted by atomic mass is 9.61. The van der Waals surface area contributed by atoms with Crippen LogP contribution in [0.3, 0.4) is 0 Å². The van der Waals surface area contributed by atoms with E-state index in [-0.39, 0.29) is 0 Å². The smallest absolute Gasteiger partial charge is 0.0428 e. The molecule has 342 valence electrons. The van der Waals surface area contributed by atoms with E-state index >= 15 is 0 Å². The molecule has 0 saturated heterocycles. The summed E-state index contributed by atoms with van der Waals surface area (Å²) < 4.78 is 0. The van der Waals surface area contributed by atoms with E-state index in [1.54, 1.807) is 0 Å². The summed E-state index contributed by atoms with van der Waals surface area (Å²) in [6.07, 6.45) is 0. The highest BCUT2D eigenvalue weighted by Crippen LogP contribution is 2.52. The molecule has 7 aromatic rings. The van der Waals surface area contributed by atoms with E-state index in [0.717, 1.165) is 0 Å². The molecule has 0 spiro atoms. The molecule has 0 aliphatic rings. The maximum absolute atomic E-state index is 2.64. The Morgan fingerprint density at radius 1 is 0.167 bits per heavy atom. The third-order valence-electron chi connectivity index (χ3n) is 16.9. The van der Waals surface area contributed by atoms with E-state index in [1.807, 2.05) is 0 Å². The Hall–Kier alpha value is -5.46. The van der Waals surface area contributed by atoms with Crippen molar-refractivity contribution in [3.8, 4) is 0 Å². The second kappa shape index (κ2) is 17.3. The molecule has 0 heterocycles. The van der Waals surface area contributed by atoms with Crippen LogP contribution >= 0.6 is 0 Å². The third kappa shape index (κ3) is 7.91. The Morgan fingerprint density at radius 3 is 0.424 bits per heavy atom. The monoisotopic (exact) mass is 871 g/mol. The predicted molar refractivity (Wildman–Crippen MR) is 287 cm³/mol. The van der Waals surface area contributed by atoms with Crippen LogP contribution in [-0.4, -0.2) is 0 Å². The number of hydrogen-bond acceptors (Lipinski definition) is 0. The van der Waals surface area contributed by atoms with Crippen LogP contribution in [-0.2, 0) is 16.2 Å². The zero-order chi connectivity index (χ0) is 48.7. The summed E-state index contributed by atoms with van der Waals surface area (Å²) in [6.45, 7) is 48.9. The topological polar surface area (TPSA) is 0 Å². The van der Waals surface area contributed by atoms with E-state index in [1.165, 1.54) is 150 Å². The van der Waals surface area contributed by atoms with Crippen molar-refractivity contribution in [2.75, 3.05) is 0 Å². The van der Waals surface area contributed by atoms with E-state index in [4.69, 9.17) is 0 Å². The largest absolute Gasteiger partial charge is 0.0558 e. The summed E-state index contributed by atoms with van der Waals surface area (Å²) in [5.41, 5.74) is 34.4. The molecule has 0 N–H and O–H groups in total. The Kier molecular flexibility index (Phi) is 12.7. The lowest BCUT2D eigenvalue weighted by Crippen LogP contribution is -2.34. The third-order valence-corrected chi connectivity index (χ3v) is 16.9. The van der Waals surface area contributed by atoms with Crippen LogP contribution in [0.2, 0.25) is 0 Å². The van der Waals surface area contributed by atoms with Crippen molar-refractivity contribution in [1.82, 2.24) is 0 Å². The minimum atomic E-state index is -0.523.